The summed E-state index contributed by atoms with van der Waals surface area (Å²) in [5.74, 6) is -0.141. The van der Waals surface area contributed by atoms with Crippen LogP contribution in [0.1, 0.15) is 30.9 Å². The number of halogens is 2. The van der Waals surface area contributed by atoms with E-state index in [0.717, 1.165) is 11.1 Å². The summed E-state index contributed by atoms with van der Waals surface area (Å²) in [4.78, 5) is 14.8. The van der Waals surface area contributed by atoms with E-state index >= 15 is 0 Å². The van der Waals surface area contributed by atoms with Gasteiger partial charge in [-0.2, -0.15) is 4.31 Å². The lowest BCUT2D eigenvalue weighted by atomic mass is 9.96. The Hall–Kier alpha value is -1.86. The number of rotatable bonds is 7. The smallest absolute Gasteiger partial charge is 0.236 e. The SMILES string of the molecule is CCN(Cc1ccc(Cl)c(Cl)c1)C(=O)C1CCN(S(=O)(=O)/C=C/c2ccccc2)CC1. The van der Waals surface area contributed by atoms with Crippen LogP contribution in [0.2, 0.25) is 10.0 Å². The van der Waals surface area contributed by atoms with E-state index in [0.29, 0.717) is 49.1 Å². The van der Waals surface area contributed by atoms with Gasteiger partial charge in [0.1, 0.15) is 0 Å². The predicted molar refractivity (Wildman–Crippen MR) is 126 cm³/mol. The highest BCUT2D eigenvalue weighted by Crippen LogP contribution is 2.26. The van der Waals surface area contributed by atoms with E-state index in [4.69, 9.17) is 23.2 Å². The summed E-state index contributed by atoms with van der Waals surface area (Å²) in [6.07, 6.45) is 2.62. The third-order valence-corrected chi connectivity index (χ3v) is 7.75. The molecule has 0 atom stereocenters. The summed E-state index contributed by atoms with van der Waals surface area (Å²) < 4.78 is 26.7. The second kappa shape index (κ2) is 10.6. The Balaban J connectivity index is 1.59. The number of piperidine rings is 1. The number of hydrogen-bond acceptors (Lipinski definition) is 3. The monoisotopic (exact) mass is 480 g/mol. The lowest BCUT2D eigenvalue weighted by Gasteiger charge is -2.33. The Morgan fingerprint density at radius 2 is 1.77 bits per heavy atom. The number of benzene rings is 2. The molecule has 0 aliphatic carbocycles. The van der Waals surface area contributed by atoms with Gasteiger partial charge in [0.2, 0.25) is 15.9 Å². The summed E-state index contributed by atoms with van der Waals surface area (Å²) >= 11 is 12.1. The molecule has 2 aromatic carbocycles. The molecular weight excluding hydrogens is 455 g/mol. The minimum atomic E-state index is -3.51. The minimum absolute atomic E-state index is 0.0467. The average Bonchev–Trinajstić information content (AvgIpc) is 2.79. The lowest BCUT2D eigenvalue weighted by Crippen LogP contribution is -2.43. The fourth-order valence-corrected chi connectivity index (χ4v) is 5.18. The topological polar surface area (TPSA) is 57.7 Å². The van der Waals surface area contributed by atoms with Crippen LogP contribution in [0.25, 0.3) is 6.08 Å². The first-order valence-electron chi connectivity index (χ1n) is 10.3. The van der Waals surface area contributed by atoms with Gasteiger partial charge in [-0.3, -0.25) is 4.79 Å². The first-order chi connectivity index (χ1) is 14.8. The molecule has 5 nitrogen and oxygen atoms in total. The third-order valence-electron chi connectivity index (χ3n) is 5.45. The Labute approximate surface area is 194 Å². The molecule has 1 fully saturated rings. The molecular formula is C23H26Cl2N2O3S. The molecule has 0 unspecified atom stereocenters. The highest BCUT2D eigenvalue weighted by atomic mass is 35.5. The standard InChI is InChI=1S/C23H26Cl2N2O3S/c1-2-26(17-19-8-9-21(24)22(25)16-19)23(28)20-10-13-27(14-11-20)31(29,30)15-12-18-6-4-3-5-7-18/h3-9,12,15-16,20H,2,10-11,13-14,17H2,1H3/b15-12+. The summed E-state index contributed by atoms with van der Waals surface area (Å²) in [7, 11) is -3.51. The zero-order valence-electron chi connectivity index (χ0n) is 17.4. The molecule has 3 rings (SSSR count). The van der Waals surface area contributed by atoms with Crippen LogP contribution in [-0.2, 0) is 21.4 Å². The average molecular weight is 481 g/mol. The molecule has 31 heavy (non-hydrogen) atoms. The third kappa shape index (κ3) is 6.32. The van der Waals surface area contributed by atoms with Gasteiger partial charge >= 0.3 is 0 Å². The number of hydrogen-bond donors (Lipinski definition) is 0. The van der Waals surface area contributed by atoms with Gasteiger partial charge in [-0.05, 0) is 49.1 Å². The summed E-state index contributed by atoms with van der Waals surface area (Å²) in [6, 6.07) is 14.7. The van der Waals surface area contributed by atoms with Crippen LogP contribution >= 0.6 is 23.2 Å². The fraction of sp³-hybridized carbons (Fsp3) is 0.348. The second-order valence-corrected chi connectivity index (χ2v) is 10.2. The molecule has 1 heterocycles. The summed E-state index contributed by atoms with van der Waals surface area (Å²) in [6.45, 7) is 3.62. The fourth-order valence-electron chi connectivity index (χ4n) is 3.63. The van der Waals surface area contributed by atoms with Crippen molar-refractivity contribution in [1.82, 2.24) is 9.21 Å². The first-order valence-corrected chi connectivity index (χ1v) is 12.5. The molecule has 1 aliphatic rings. The van der Waals surface area contributed by atoms with Gasteiger partial charge in [-0.25, -0.2) is 8.42 Å². The molecule has 0 spiro atoms. The number of nitrogens with zero attached hydrogens (tertiary/aromatic N) is 2. The van der Waals surface area contributed by atoms with Crippen molar-refractivity contribution < 1.29 is 13.2 Å². The number of sulfonamides is 1. The normalized spacial score (nSPS) is 16.0. The van der Waals surface area contributed by atoms with E-state index in [1.165, 1.54) is 9.71 Å². The van der Waals surface area contributed by atoms with Gasteiger partial charge in [0.05, 0.1) is 10.0 Å². The van der Waals surface area contributed by atoms with Crippen LogP contribution in [0.15, 0.2) is 53.9 Å². The van der Waals surface area contributed by atoms with Crippen molar-refractivity contribution >= 4 is 45.2 Å². The van der Waals surface area contributed by atoms with Gasteiger partial charge in [-0.15, -0.1) is 0 Å². The molecule has 1 amide bonds. The van der Waals surface area contributed by atoms with Gasteiger partial charge < -0.3 is 4.90 Å². The van der Waals surface area contributed by atoms with E-state index in [2.05, 4.69) is 0 Å². The van der Waals surface area contributed by atoms with Gasteiger partial charge in [0.15, 0.2) is 0 Å². The van der Waals surface area contributed by atoms with E-state index in [1.807, 2.05) is 43.3 Å². The maximum Gasteiger partial charge on any atom is 0.236 e. The highest BCUT2D eigenvalue weighted by molar-refractivity contribution is 7.92. The lowest BCUT2D eigenvalue weighted by molar-refractivity contribution is -0.137. The van der Waals surface area contributed by atoms with Crippen LogP contribution in [0.4, 0.5) is 0 Å². The van der Waals surface area contributed by atoms with Crippen LogP contribution in [-0.4, -0.2) is 43.2 Å². The molecule has 0 saturated carbocycles. The van der Waals surface area contributed by atoms with Crippen molar-refractivity contribution in [2.24, 2.45) is 5.92 Å². The van der Waals surface area contributed by atoms with E-state index in [-0.39, 0.29) is 11.8 Å². The van der Waals surface area contributed by atoms with Gasteiger partial charge in [0, 0.05) is 37.5 Å². The second-order valence-electron chi connectivity index (χ2n) is 7.53. The van der Waals surface area contributed by atoms with Gasteiger partial charge in [-0.1, -0.05) is 59.6 Å². The Kier molecular flexibility index (Phi) is 8.17. The summed E-state index contributed by atoms with van der Waals surface area (Å²) in [5, 5.41) is 2.19. The molecule has 8 heteroatoms. The Morgan fingerprint density at radius 3 is 2.39 bits per heavy atom. The predicted octanol–water partition coefficient (Wildman–Crippen LogP) is 5.05. The first kappa shape index (κ1) is 23.8. The van der Waals surface area contributed by atoms with Crippen molar-refractivity contribution in [2.45, 2.75) is 26.3 Å². The highest BCUT2D eigenvalue weighted by Gasteiger charge is 2.31. The Morgan fingerprint density at radius 1 is 1.10 bits per heavy atom. The minimum Gasteiger partial charge on any atom is -0.338 e. The van der Waals surface area contributed by atoms with E-state index < -0.39 is 10.0 Å². The Bertz CT molecular complexity index is 1030. The van der Waals surface area contributed by atoms with Crippen molar-refractivity contribution in [3.63, 3.8) is 0 Å². The maximum absolute atomic E-state index is 13.0. The van der Waals surface area contributed by atoms with Gasteiger partial charge in [0.25, 0.3) is 0 Å². The molecule has 0 bridgehead atoms. The van der Waals surface area contributed by atoms with Crippen LogP contribution < -0.4 is 0 Å². The van der Waals surface area contributed by atoms with Crippen molar-refractivity contribution in [3.05, 3.63) is 75.1 Å². The zero-order chi connectivity index (χ0) is 22.4. The largest absolute Gasteiger partial charge is 0.338 e. The molecule has 0 N–H and O–H groups in total. The molecule has 0 aromatic heterocycles. The zero-order valence-corrected chi connectivity index (χ0v) is 19.7. The van der Waals surface area contributed by atoms with Crippen molar-refractivity contribution in [1.29, 1.82) is 0 Å². The van der Waals surface area contributed by atoms with E-state index in [1.54, 1.807) is 23.1 Å². The number of carbonyl (C=O) groups is 1. The quantitative estimate of drug-likeness (QED) is 0.556. The van der Waals surface area contributed by atoms with Crippen LogP contribution in [0.3, 0.4) is 0 Å². The molecule has 1 saturated heterocycles. The molecule has 1 aliphatic heterocycles. The van der Waals surface area contributed by atoms with Crippen LogP contribution in [0, 0.1) is 5.92 Å². The molecule has 0 radical (unpaired) electrons. The van der Waals surface area contributed by atoms with Crippen molar-refractivity contribution in [3.8, 4) is 0 Å². The number of carbonyl (C=O) groups excluding carboxylic acids is 1. The molecule has 2 aromatic rings. The maximum atomic E-state index is 13.0. The van der Waals surface area contributed by atoms with E-state index in [9.17, 15) is 13.2 Å². The number of amides is 1. The summed E-state index contributed by atoms with van der Waals surface area (Å²) in [5.41, 5.74) is 1.74. The van der Waals surface area contributed by atoms with Crippen molar-refractivity contribution in [2.75, 3.05) is 19.6 Å². The molecule has 166 valence electrons. The van der Waals surface area contributed by atoms with Crippen LogP contribution in [0.5, 0.6) is 0 Å².